The second kappa shape index (κ2) is 13.2. The topological polar surface area (TPSA) is 134 Å². The van der Waals surface area contributed by atoms with E-state index < -0.39 is 45.9 Å². The molecule has 302 valence electrons. The lowest BCUT2D eigenvalue weighted by Gasteiger charge is -2.63. The number of esters is 3. The lowest BCUT2D eigenvalue weighted by molar-refractivity contribution is -0.228. The van der Waals surface area contributed by atoms with Crippen molar-refractivity contribution in [2.75, 3.05) is 59.5 Å². The normalized spacial score (nSPS) is 34.9. The largest absolute Gasteiger partial charge is 0.496 e. The van der Waals surface area contributed by atoms with Gasteiger partial charge < -0.3 is 33.9 Å². The number of hydrogen-bond acceptors (Lipinski definition) is 11. The monoisotopic (exact) mass is 778 g/mol. The van der Waals surface area contributed by atoms with Crippen molar-refractivity contribution in [3.05, 3.63) is 82.6 Å². The molecule has 1 saturated heterocycles. The van der Waals surface area contributed by atoms with Gasteiger partial charge in [-0.05, 0) is 61.4 Å². The van der Waals surface area contributed by atoms with Crippen LogP contribution in [0.5, 0.6) is 5.75 Å². The highest BCUT2D eigenvalue weighted by atomic mass is 16.6. The fraction of sp³-hybridized carbons (Fsp3) is 0.533. The second-order valence-electron chi connectivity index (χ2n) is 17.2. The molecule has 0 radical (unpaired) electrons. The van der Waals surface area contributed by atoms with Gasteiger partial charge in [0.05, 0.1) is 27.4 Å². The summed E-state index contributed by atoms with van der Waals surface area (Å²) < 4.78 is 23.9. The van der Waals surface area contributed by atoms with Gasteiger partial charge in [0.2, 0.25) is 5.60 Å². The molecule has 9 atom stereocenters. The number of hydrogen-bond donors (Lipinski definition) is 2. The van der Waals surface area contributed by atoms with Crippen LogP contribution in [0.1, 0.15) is 68.8 Å². The third kappa shape index (κ3) is 4.80. The molecule has 9 rings (SSSR count). The minimum atomic E-state index is -2.27. The van der Waals surface area contributed by atoms with Crippen LogP contribution in [0.3, 0.4) is 0 Å². The first-order valence-electron chi connectivity index (χ1n) is 20.3. The van der Waals surface area contributed by atoms with E-state index in [1.165, 1.54) is 26.7 Å². The van der Waals surface area contributed by atoms with E-state index in [2.05, 4.69) is 58.1 Å². The first-order valence-corrected chi connectivity index (χ1v) is 20.3. The van der Waals surface area contributed by atoms with E-state index in [0.29, 0.717) is 50.2 Å². The number of rotatable bonds is 7. The zero-order valence-electron chi connectivity index (χ0n) is 34.0. The van der Waals surface area contributed by atoms with Crippen molar-refractivity contribution in [1.82, 2.24) is 14.8 Å². The Morgan fingerprint density at radius 2 is 1.77 bits per heavy atom. The van der Waals surface area contributed by atoms with E-state index in [-0.39, 0.29) is 17.9 Å². The van der Waals surface area contributed by atoms with Crippen LogP contribution >= 0.6 is 0 Å². The van der Waals surface area contributed by atoms with Gasteiger partial charge in [-0.25, -0.2) is 4.79 Å². The maximum Gasteiger partial charge on any atom is 0.344 e. The lowest BCUT2D eigenvalue weighted by atomic mass is 9.47. The number of aromatic nitrogens is 1. The summed E-state index contributed by atoms with van der Waals surface area (Å²) in [5, 5.41) is 14.4. The maximum absolute atomic E-state index is 15.2. The average Bonchev–Trinajstić information content (AvgIpc) is 3.87. The van der Waals surface area contributed by atoms with Gasteiger partial charge in [0, 0.05) is 90.9 Å². The molecule has 5 aliphatic heterocycles. The smallest absolute Gasteiger partial charge is 0.344 e. The molecule has 1 aromatic heterocycles. The molecule has 6 aliphatic rings. The highest BCUT2D eigenvalue weighted by Crippen LogP contribution is 2.68. The molecule has 2 bridgehead atoms. The van der Waals surface area contributed by atoms with Gasteiger partial charge in [-0.2, -0.15) is 0 Å². The zero-order chi connectivity index (χ0) is 40.2. The molecule has 6 heterocycles. The molecule has 3 aromatic rings. The van der Waals surface area contributed by atoms with E-state index >= 15 is 4.79 Å². The van der Waals surface area contributed by atoms with E-state index in [9.17, 15) is 14.7 Å². The summed E-state index contributed by atoms with van der Waals surface area (Å²) in [6, 6.07) is 11.2. The molecule has 12 heteroatoms. The molecule has 2 aromatic carbocycles. The third-order valence-electron chi connectivity index (χ3n) is 14.8. The average molecular weight is 779 g/mol. The SMILES string of the molecule is CCC1=CC2CN(C1)Cc1c([nH]c3ccccc13)[C@@](C(=O)OC)(c1cc3c(cc1OC)N(C)C1[C@@](O)(C(=O)OC)C(OC(C)=O)[C@]4(CC)C=CCN5CC[C@]31C54)C2. The van der Waals surface area contributed by atoms with Crippen molar-refractivity contribution in [1.29, 1.82) is 0 Å². The quantitative estimate of drug-likeness (QED) is 0.196. The lowest BCUT2D eigenvalue weighted by Crippen LogP contribution is -2.81. The van der Waals surface area contributed by atoms with Crippen molar-refractivity contribution in [3.63, 3.8) is 0 Å². The molecular formula is C45H54N4O8. The predicted molar refractivity (Wildman–Crippen MR) is 214 cm³/mol. The van der Waals surface area contributed by atoms with Crippen LogP contribution in [0.2, 0.25) is 0 Å². The summed E-state index contributed by atoms with van der Waals surface area (Å²) in [7, 11) is 6.22. The number of anilines is 1. The van der Waals surface area contributed by atoms with E-state index in [4.69, 9.17) is 18.9 Å². The number of carbonyl (C=O) groups is 3. The Morgan fingerprint density at radius 1 is 1.00 bits per heavy atom. The number of nitrogens with zero attached hydrogens (tertiary/aromatic N) is 3. The third-order valence-corrected chi connectivity index (χ3v) is 14.8. The van der Waals surface area contributed by atoms with Crippen LogP contribution in [0.25, 0.3) is 10.9 Å². The summed E-state index contributed by atoms with van der Waals surface area (Å²) in [4.78, 5) is 53.1. The van der Waals surface area contributed by atoms with Crippen molar-refractivity contribution in [3.8, 4) is 5.75 Å². The number of benzene rings is 2. The van der Waals surface area contributed by atoms with Gasteiger partial charge in [0.1, 0.15) is 11.2 Å². The Balaban J connectivity index is 1.37. The van der Waals surface area contributed by atoms with Crippen molar-refractivity contribution >= 4 is 34.5 Å². The summed E-state index contributed by atoms with van der Waals surface area (Å²) in [5.74, 6) is -1.31. The number of aromatic amines is 1. The minimum Gasteiger partial charge on any atom is -0.496 e. The van der Waals surface area contributed by atoms with E-state index in [1.54, 1.807) is 7.11 Å². The Hall–Kier alpha value is -4.65. The highest BCUT2D eigenvalue weighted by Gasteiger charge is 2.80. The van der Waals surface area contributed by atoms with Gasteiger partial charge in [0.15, 0.2) is 6.10 Å². The standard InChI is InChI=1S/C45H54N4O8/c1-8-27-19-28-22-44(40(51)55-6,36-30(25-48(23-27)24-28)29-13-10-11-14-33(29)46-36)32-20-31-34(21-35(32)54-5)47(4)38-43(31)16-18-49-17-12-15-42(9-2,37(43)49)39(57-26(3)50)45(38,53)41(52)56-7/h10-15,19-21,28,37-39,46,53H,8-9,16-18,22-25H2,1-7H3/t28?,37?,38?,39?,42-,43-,44+,45+/m1/s1. The number of likely N-dealkylation sites (N-methyl/N-ethyl adjacent to an activating group) is 1. The number of aliphatic hydroxyl groups is 1. The van der Waals surface area contributed by atoms with Gasteiger partial charge >= 0.3 is 17.9 Å². The first-order chi connectivity index (χ1) is 27.4. The fourth-order valence-corrected chi connectivity index (χ4v) is 12.8. The molecule has 2 fully saturated rings. The van der Waals surface area contributed by atoms with Crippen LogP contribution in [0, 0.1) is 11.3 Å². The molecule has 1 spiro atoms. The molecule has 5 unspecified atom stereocenters. The maximum atomic E-state index is 15.2. The number of ether oxygens (including phenoxy) is 4. The van der Waals surface area contributed by atoms with Crippen LogP contribution < -0.4 is 9.64 Å². The zero-order valence-corrected chi connectivity index (χ0v) is 34.0. The predicted octanol–water partition coefficient (Wildman–Crippen LogP) is 4.75. The highest BCUT2D eigenvalue weighted by molar-refractivity contribution is 5.95. The Kier molecular flexibility index (Phi) is 8.77. The summed E-state index contributed by atoms with van der Waals surface area (Å²) >= 11 is 0. The van der Waals surface area contributed by atoms with Gasteiger partial charge in [0.25, 0.3) is 0 Å². The van der Waals surface area contributed by atoms with Crippen LogP contribution in [-0.4, -0.2) is 116 Å². The molecule has 57 heavy (non-hydrogen) atoms. The van der Waals surface area contributed by atoms with Crippen molar-refractivity contribution in [2.24, 2.45) is 11.3 Å². The Bertz CT molecular complexity index is 2250. The van der Waals surface area contributed by atoms with Crippen molar-refractivity contribution < 1.29 is 38.4 Å². The number of methoxy groups -OCH3 is 3. The van der Waals surface area contributed by atoms with Crippen LogP contribution in [-0.2, 0) is 46.0 Å². The van der Waals surface area contributed by atoms with E-state index in [1.807, 2.05) is 37.1 Å². The molecule has 1 saturated carbocycles. The first kappa shape index (κ1) is 37.9. The minimum absolute atomic E-state index is 0.0284. The fourth-order valence-electron chi connectivity index (χ4n) is 12.8. The summed E-state index contributed by atoms with van der Waals surface area (Å²) in [6.45, 7) is 9.19. The molecule has 0 amide bonds. The number of H-pyrrole nitrogens is 1. The molecular weight excluding hydrogens is 725 g/mol. The number of para-hydroxylation sites is 1. The van der Waals surface area contributed by atoms with Crippen LogP contribution in [0.15, 0.2) is 60.2 Å². The van der Waals surface area contributed by atoms with Gasteiger partial charge in [-0.1, -0.05) is 55.8 Å². The molecule has 1 aliphatic carbocycles. The molecule has 12 nitrogen and oxygen atoms in total. The van der Waals surface area contributed by atoms with Gasteiger partial charge in [-0.3, -0.25) is 19.4 Å². The second-order valence-corrected chi connectivity index (χ2v) is 17.2. The Labute approximate surface area is 333 Å². The number of fused-ring (bicyclic) bond motifs is 6. The van der Waals surface area contributed by atoms with Crippen molar-refractivity contribution in [2.45, 2.75) is 87.6 Å². The molecule has 2 N–H and O–H groups in total. The van der Waals surface area contributed by atoms with E-state index in [0.717, 1.165) is 52.9 Å². The Morgan fingerprint density at radius 3 is 2.47 bits per heavy atom. The van der Waals surface area contributed by atoms with Crippen LogP contribution in [0.4, 0.5) is 5.69 Å². The number of carbonyl (C=O) groups excluding carboxylic acids is 3. The summed E-state index contributed by atoms with van der Waals surface area (Å²) in [5.41, 5.74) is 1.05. The number of nitrogens with one attached hydrogen (secondary N) is 1. The summed E-state index contributed by atoms with van der Waals surface area (Å²) in [6.07, 6.45) is 7.67. The van der Waals surface area contributed by atoms with Gasteiger partial charge in [-0.15, -0.1) is 0 Å².